The highest BCUT2D eigenvalue weighted by molar-refractivity contribution is 5.75. The van der Waals surface area contributed by atoms with Crippen molar-refractivity contribution < 1.29 is 4.79 Å². The van der Waals surface area contributed by atoms with Gasteiger partial charge in [0.2, 0.25) is 5.91 Å². The number of carbonyl (C=O) groups is 1. The largest absolute Gasteiger partial charge is 0.294 e. The van der Waals surface area contributed by atoms with E-state index in [1.54, 1.807) is 0 Å². The summed E-state index contributed by atoms with van der Waals surface area (Å²) in [6.07, 6.45) is 3.46. The molecule has 3 heteroatoms. The van der Waals surface area contributed by atoms with Gasteiger partial charge >= 0.3 is 0 Å². The molecule has 0 aliphatic rings. The average Bonchev–Trinajstić information content (AvgIpc) is 2.35. The predicted octanol–water partition coefficient (Wildman–Crippen LogP) is 2.62. The van der Waals surface area contributed by atoms with E-state index in [4.69, 9.17) is 5.84 Å². The lowest BCUT2D eigenvalue weighted by Gasteiger charge is -2.15. The van der Waals surface area contributed by atoms with Gasteiger partial charge < -0.3 is 0 Å². The Morgan fingerprint density at radius 2 is 1.67 bits per heavy atom. The molecule has 1 aromatic rings. The van der Waals surface area contributed by atoms with Gasteiger partial charge in [-0.1, -0.05) is 6.07 Å². The first-order valence-corrected chi connectivity index (χ1v) is 6.53. The number of hydrogen-bond acceptors (Lipinski definition) is 2. The third kappa shape index (κ3) is 3.57. The van der Waals surface area contributed by atoms with Gasteiger partial charge in [0.1, 0.15) is 0 Å². The Morgan fingerprint density at radius 1 is 1.11 bits per heavy atom. The van der Waals surface area contributed by atoms with Gasteiger partial charge in [0.15, 0.2) is 0 Å². The van der Waals surface area contributed by atoms with Gasteiger partial charge in [-0.2, -0.15) is 0 Å². The van der Waals surface area contributed by atoms with Crippen LogP contribution in [0.4, 0.5) is 0 Å². The Balaban J connectivity index is 2.65. The molecule has 0 aliphatic carbocycles. The molecule has 1 amide bonds. The average molecular weight is 248 g/mol. The van der Waals surface area contributed by atoms with Gasteiger partial charge in [0, 0.05) is 6.42 Å². The van der Waals surface area contributed by atoms with E-state index in [2.05, 4.69) is 39.2 Å². The minimum Gasteiger partial charge on any atom is -0.294 e. The molecular weight excluding hydrogens is 224 g/mol. The van der Waals surface area contributed by atoms with Gasteiger partial charge in [-0.05, 0) is 74.8 Å². The first kappa shape index (κ1) is 14.7. The maximum Gasteiger partial charge on any atom is 0.233 e. The molecule has 3 nitrogen and oxygen atoms in total. The Bertz CT molecular complexity index is 412. The van der Waals surface area contributed by atoms with Gasteiger partial charge in [-0.15, -0.1) is 0 Å². The lowest BCUT2D eigenvalue weighted by molar-refractivity contribution is -0.121. The third-order valence-electron chi connectivity index (χ3n) is 3.76. The van der Waals surface area contributed by atoms with Crippen molar-refractivity contribution in [3.63, 3.8) is 0 Å². The fourth-order valence-electron chi connectivity index (χ4n) is 2.33. The molecule has 0 spiro atoms. The third-order valence-corrected chi connectivity index (χ3v) is 3.76. The molecule has 0 unspecified atom stereocenters. The van der Waals surface area contributed by atoms with Crippen molar-refractivity contribution in [1.82, 2.24) is 5.43 Å². The van der Waals surface area contributed by atoms with E-state index in [9.17, 15) is 4.79 Å². The summed E-state index contributed by atoms with van der Waals surface area (Å²) in [6, 6.07) is 2.25. The van der Waals surface area contributed by atoms with E-state index in [1.165, 1.54) is 27.8 Å². The summed E-state index contributed by atoms with van der Waals surface area (Å²) in [6.45, 7) is 8.69. The molecular formula is C15H24N2O. The van der Waals surface area contributed by atoms with Crippen LogP contribution in [0.3, 0.4) is 0 Å². The number of carbonyl (C=O) groups excluding carboxylic acids is 1. The fraction of sp³-hybridized carbons (Fsp3) is 0.533. The number of amides is 1. The SMILES string of the molecule is Cc1cc(C)c(C)c(CCCCC(=O)NN)c1C. The van der Waals surface area contributed by atoms with Crippen LogP contribution in [0, 0.1) is 27.7 Å². The molecule has 0 fully saturated rings. The molecule has 1 aromatic carbocycles. The molecule has 0 aromatic heterocycles. The summed E-state index contributed by atoms with van der Waals surface area (Å²) >= 11 is 0. The maximum absolute atomic E-state index is 11.0. The van der Waals surface area contributed by atoms with Gasteiger partial charge in [0.05, 0.1) is 0 Å². The molecule has 0 aliphatic heterocycles. The number of nitrogens with two attached hydrogens (primary N) is 1. The lowest BCUT2D eigenvalue weighted by Crippen LogP contribution is -2.29. The van der Waals surface area contributed by atoms with Crippen LogP contribution in [0.5, 0.6) is 0 Å². The first-order valence-electron chi connectivity index (χ1n) is 6.53. The molecule has 0 saturated heterocycles. The number of hydrazine groups is 1. The van der Waals surface area contributed by atoms with Crippen LogP contribution in [-0.2, 0) is 11.2 Å². The number of hydrogen-bond donors (Lipinski definition) is 2. The Hall–Kier alpha value is -1.35. The molecule has 0 atom stereocenters. The summed E-state index contributed by atoms with van der Waals surface area (Å²) < 4.78 is 0. The van der Waals surface area contributed by atoms with Crippen molar-refractivity contribution in [1.29, 1.82) is 0 Å². The summed E-state index contributed by atoms with van der Waals surface area (Å²) in [4.78, 5) is 11.0. The second-order valence-electron chi connectivity index (χ2n) is 5.01. The van der Waals surface area contributed by atoms with Crippen molar-refractivity contribution in [3.05, 3.63) is 33.9 Å². The summed E-state index contributed by atoms with van der Waals surface area (Å²) in [5.41, 5.74) is 9.10. The predicted molar refractivity (Wildman–Crippen MR) is 75.3 cm³/mol. The molecule has 0 bridgehead atoms. The fourth-order valence-corrected chi connectivity index (χ4v) is 2.33. The minimum absolute atomic E-state index is 0.0798. The van der Waals surface area contributed by atoms with Crippen molar-refractivity contribution in [2.45, 2.75) is 53.4 Å². The molecule has 0 radical (unpaired) electrons. The number of rotatable bonds is 5. The van der Waals surface area contributed by atoms with Crippen LogP contribution < -0.4 is 11.3 Å². The minimum atomic E-state index is -0.0798. The zero-order chi connectivity index (χ0) is 13.7. The molecule has 0 saturated carbocycles. The standard InChI is InChI=1S/C15H24N2O/c1-10-9-11(2)13(4)14(12(10)3)7-5-6-8-15(18)17-16/h9H,5-8,16H2,1-4H3,(H,17,18). The summed E-state index contributed by atoms with van der Waals surface area (Å²) in [5, 5.41) is 0. The van der Waals surface area contributed by atoms with Gasteiger partial charge in [0.25, 0.3) is 0 Å². The van der Waals surface area contributed by atoms with Gasteiger partial charge in [-0.3, -0.25) is 10.2 Å². The van der Waals surface area contributed by atoms with Crippen molar-refractivity contribution in [2.75, 3.05) is 0 Å². The zero-order valence-corrected chi connectivity index (χ0v) is 11.9. The number of unbranched alkanes of at least 4 members (excludes halogenated alkanes) is 1. The van der Waals surface area contributed by atoms with E-state index in [0.717, 1.165) is 19.3 Å². The van der Waals surface area contributed by atoms with Crippen molar-refractivity contribution in [2.24, 2.45) is 5.84 Å². The van der Waals surface area contributed by atoms with Gasteiger partial charge in [-0.25, -0.2) is 5.84 Å². The van der Waals surface area contributed by atoms with E-state index in [-0.39, 0.29) is 5.91 Å². The van der Waals surface area contributed by atoms with Crippen LogP contribution >= 0.6 is 0 Å². The topological polar surface area (TPSA) is 55.1 Å². The Labute approximate surface area is 110 Å². The number of aryl methyl sites for hydroxylation is 2. The highest BCUT2D eigenvalue weighted by Crippen LogP contribution is 2.23. The number of nitrogens with one attached hydrogen (secondary N) is 1. The maximum atomic E-state index is 11.0. The molecule has 100 valence electrons. The lowest BCUT2D eigenvalue weighted by atomic mass is 9.91. The zero-order valence-electron chi connectivity index (χ0n) is 11.9. The molecule has 18 heavy (non-hydrogen) atoms. The highest BCUT2D eigenvalue weighted by atomic mass is 16.2. The Morgan fingerprint density at radius 3 is 2.17 bits per heavy atom. The van der Waals surface area contributed by atoms with Crippen LogP contribution in [0.1, 0.15) is 47.1 Å². The smallest absolute Gasteiger partial charge is 0.233 e. The van der Waals surface area contributed by atoms with Crippen LogP contribution in [0.15, 0.2) is 6.07 Å². The Kier molecular flexibility index (Phi) is 5.35. The first-order chi connectivity index (χ1) is 8.47. The molecule has 1 rings (SSSR count). The monoisotopic (exact) mass is 248 g/mol. The van der Waals surface area contributed by atoms with Crippen LogP contribution in [0.25, 0.3) is 0 Å². The van der Waals surface area contributed by atoms with E-state index in [0.29, 0.717) is 6.42 Å². The normalized spacial score (nSPS) is 10.5. The van der Waals surface area contributed by atoms with Crippen LogP contribution in [0.2, 0.25) is 0 Å². The summed E-state index contributed by atoms with van der Waals surface area (Å²) in [7, 11) is 0. The summed E-state index contributed by atoms with van der Waals surface area (Å²) in [5.74, 6) is 4.97. The highest BCUT2D eigenvalue weighted by Gasteiger charge is 2.08. The van der Waals surface area contributed by atoms with E-state index < -0.39 is 0 Å². The molecule has 3 N–H and O–H groups in total. The quantitative estimate of drug-likeness (QED) is 0.364. The van der Waals surface area contributed by atoms with Crippen LogP contribution in [-0.4, -0.2) is 5.91 Å². The van der Waals surface area contributed by atoms with Crippen molar-refractivity contribution >= 4 is 5.91 Å². The second kappa shape index (κ2) is 6.55. The number of benzene rings is 1. The molecule has 0 heterocycles. The van der Waals surface area contributed by atoms with Crippen molar-refractivity contribution in [3.8, 4) is 0 Å². The van der Waals surface area contributed by atoms with E-state index in [1.807, 2.05) is 0 Å². The second-order valence-corrected chi connectivity index (χ2v) is 5.01. The van der Waals surface area contributed by atoms with E-state index >= 15 is 0 Å².